The Balaban J connectivity index is 3.05. The van der Waals surface area contributed by atoms with Crippen LogP contribution in [-0.4, -0.2) is 18.5 Å². The van der Waals surface area contributed by atoms with Crippen LogP contribution in [0, 0.1) is 0 Å². The minimum atomic E-state index is -0.444. The van der Waals surface area contributed by atoms with Crippen molar-refractivity contribution in [2.24, 2.45) is 0 Å². The average molecular weight is 324 g/mol. The number of carbonyl (C=O) groups is 1. The van der Waals surface area contributed by atoms with Crippen LogP contribution in [0.5, 0.6) is 0 Å². The second kappa shape index (κ2) is 4.73. The topological polar surface area (TPSA) is 26.3 Å². The maximum atomic E-state index is 11.4. The Morgan fingerprint density at radius 3 is 2.21 bits per heavy atom. The second-order valence-electron chi connectivity index (χ2n) is 3.22. The lowest BCUT2D eigenvalue weighted by atomic mass is 9.92. The molecule has 0 radical (unpaired) electrons. The predicted molar refractivity (Wildman–Crippen MR) is 63.7 cm³/mol. The molecule has 0 unspecified atom stereocenters. The van der Waals surface area contributed by atoms with Crippen molar-refractivity contribution < 1.29 is 9.53 Å². The highest BCUT2D eigenvalue weighted by molar-refractivity contribution is 9.13. The first-order valence-electron chi connectivity index (χ1n) is 4.41. The van der Waals surface area contributed by atoms with Gasteiger partial charge in [-0.3, -0.25) is 4.79 Å². The van der Waals surface area contributed by atoms with Gasteiger partial charge in [0.05, 0.1) is 8.96 Å². The molecule has 1 aliphatic rings. The molecule has 14 heavy (non-hydrogen) atoms. The molecule has 0 aliphatic heterocycles. The minimum Gasteiger partial charge on any atom is -0.370 e. The van der Waals surface area contributed by atoms with Gasteiger partial charge in [-0.25, -0.2) is 0 Å². The molecule has 0 amide bonds. The van der Waals surface area contributed by atoms with E-state index in [1.165, 1.54) is 0 Å². The van der Waals surface area contributed by atoms with Crippen LogP contribution in [0.2, 0.25) is 0 Å². The number of ether oxygens (including phenoxy) is 1. The van der Waals surface area contributed by atoms with Crippen molar-refractivity contribution in [3.8, 4) is 0 Å². The summed E-state index contributed by atoms with van der Waals surface area (Å²) in [4.78, 5) is 11.4. The Labute approximate surface area is 101 Å². The molecule has 0 spiro atoms. The van der Waals surface area contributed by atoms with Gasteiger partial charge >= 0.3 is 0 Å². The first-order chi connectivity index (χ1) is 6.54. The van der Waals surface area contributed by atoms with Gasteiger partial charge in [0.15, 0.2) is 0 Å². The Morgan fingerprint density at radius 2 is 1.86 bits per heavy atom. The van der Waals surface area contributed by atoms with Gasteiger partial charge in [0.2, 0.25) is 5.78 Å². The Hall–Kier alpha value is 0.0700. The molecule has 0 aromatic rings. The SMILES string of the molecule is CCCC1(OC)C=C(Br)C(=O)C(Br)=C1. The zero-order valence-electron chi connectivity index (χ0n) is 8.14. The molecular formula is C10H12Br2O2. The number of hydrogen-bond acceptors (Lipinski definition) is 2. The van der Waals surface area contributed by atoms with Crippen molar-refractivity contribution in [1.82, 2.24) is 0 Å². The molecule has 0 saturated carbocycles. The number of halogens is 2. The van der Waals surface area contributed by atoms with Crippen LogP contribution in [0.3, 0.4) is 0 Å². The number of hydrogen-bond donors (Lipinski definition) is 0. The number of methoxy groups -OCH3 is 1. The summed E-state index contributed by atoms with van der Waals surface area (Å²) >= 11 is 6.48. The van der Waals surface area contributed by atoms with Gasteiger partial charge in [0.1, 0.15) is 5.60 Å². The largest absolute Gasteiger partial charge is 0.370 e. The summed E-state index contributed by atoms with van der Waals surface area (Å²) in [5.74, 6) is -0.0335. The maximum Gasteiger partial charge on any atom is 0.206 e. The van der Waals surface area contributed by atoms with Crippen molar-refractivity contribution in [2.45, 2.75) is 25.4 Å². The summed E-state index contributed by atoms with van der Waals surface area (Å²) in [6.45, 7) is 2.08. The zero-order chi connectivity index (χ0) is 10.8. The van der Waals surface area contributed by atoms with E-state index in [1.54, 1.807) is 7.11 Å². The van der Waals surface area contributed by atoms with Crippen molar-refractivity contribution in [1.29, 1.82) is 0 Å². The van der Waals surface area contributed by atoms with Gasteiger partial charge in [-0.1, -0.05) is 13.3 Å². The van der Waals surface area contributed by atoms with E-state index in [-0.39, 0.29) is 5.78 Å². The summed E-state index contributed by atoms with van der Waals surface area (Å²) in [6, 6.07) is 0. The second-order valence-corrected chi connectivity index (χ2v) is 4.93. The maximum absolute atomic E-state index is 11.4. The predicted octanol–water partition coefficient (Wildman–Crippen LogP) is 3.31. The van der Waals surface area contributed by atoms with Crippen LogP contribution in [0.25, 0.3) is 0 Å². The monoisotopic (exact) mass is 322 g/mol. The lowest BCUT2D eigenvalue weighted by Gasteiger charge is -2.28. The van der Waals surface area contributed by atoms with Gasteiger partial charge < -0.3 is 4.74 Å². The van der Waals surface area contributed by atoms with Gasteiger partial charge in [-0.2, -0.15) is 0 Å². The van der Waals surface area contributed by atoms with E-state index in [2.05, 4.69) is 38.8 Å². The molecule has 0 fully saturated rings. The van der Waals surface area contributed by atoms with E-state index in [9.17, 15) is 4.79 Å². The smallest absolute Gasteiger partial charge is 0.206 e. The number of Topliss-reactive ketones (excluding diaryl/α,β-unsaturated/α-hetero) is 1. The highest BCUT2D eigenvalue weighted by Gasteiger charge is 2.31. The molecule has 0 atom stereocenters. The highest BCUT2D eigenvalue weighted by Crippen LogP contribution is 2.34. The molecule has 78 valence electrons. The Kier molecular flexibility index (Phi) is 4.10. The molecule has 0 bridgehead atoms. The lowest BCUT2D eigenvalue weighted by Crippen LogP contribution is -2.30. The first kappa shape index (κ1) is 12.1. The van der Waals surface area contributed by atoms with E-state index in [1.807, 2.05) is 12.2 Å². The van der Waals surface area contributed by atoms with Crippen LogP contribution in [0.1, 0.15) is 19.8 Å². The standard InChI is InChI=1S/C10H12Br2O2/c1-3-4-10(14-2)5-7(11)9(13)8(12)6-10/h5-6H,3-4H2,1-2H3. The van der Waals surface area contributed by atoms with Crippen molar-refractivity contribution in [2.75, 3.05) is 7.11 Å². The normalized spacial score (nSPS) is 20.4. The van der Waals surface area contributed by atoms with Crippen molar-refractivity contribution in [3.05, 3.63) is 21.1 Å². The molecule has 0 N–H and O–H groups in total. The van der Waals surface area contributed by atoms with E-state index in [0.29, 0.717) is 8.96 Å². The fraction of sp³-hybridized carbons (Fsp3) is 0.500. The van der Waals surface area contributed by atoms with Crippen LogP contribution in [-0.2, 0) is 9.53 Å². The van der Waals surface area contributed by atoms with Gasteiger partial charge in [0, 0.05) is 7.11 Å². The Bertz CT molecular complexity index is 283. The van der Waals surface area contributed by atoms with E-state index in [0.717, 1.165) is 12.8 Å². The van der Waals surface area contributed by atoms with Gasteiger partial charge in [0.25, 0.3) is 0 Å². The molecular weight excluding hydrogens is 312 g/mol. The van der Waals surface area contributed by atoms with E-state index < -0.39 is 5.60 Å². The van der Waals surface area contributed by atoms with Crippen LogP contribution >= 0.6 is 31.9 Å². The first-order valence-corrected chi connectivity index (χ1v) is 6.00. The fourth-order valence-electron chi connectivity index (χ4n) is 1.47. The summed E-state index contributed by atoms with van der Waals surface area (Å²) in [5, 5.41) is 0. The molecule has 1 rings (SSSR count). The molecule has 4 heteroatoms. The molecule has 0 saturated heterocycles. The summed E-state index contributed by atoms with van der Waals surface area (Å²) in [5.41, 5.74) is -0.444. The Morgan fingerprint density at radius 1 is 1.36 bits per heavy atom. The quantitative estimate of drug-likeness (QED) is 0.796. The third-order valence-electron chi connectivity index (χ3n) is 2.20. The van der Waals surface area contributed by atoms with Crippen molar-refractivity contribution in [3.63, 3.8) is 0 Å². The zero-order valence-corrected chi connectivity index (χ0v) is 11.3. The molecule has 0 aromatic heterocycles. The molecule has 2 nitrogen and oxygen atoms in total. The third kappa shape index (κ3) is 2.35. The summed E-state index contributed by atoms with van der Waals surface area (Å²) < 4.78 is 6.56. The minimum absolute atomic E-state index is 0.0335. The number of allylic oxidation sites excluding steroid dienone is 2. The fourth-order valence-corrected chi connectivity index (χ4v) is 2.94. The number of ketones is 1. The molecule has 1 aliphatic carbocycles. The average Bonchev–Trinajstić information content (AvgIpc) is 2.15. The summed E-state index contributed by atoms with van der Waals surface area (Å²) in [6.07, 6.45) is 5.50. The summed E-state index contributed by atoms with van der Waals surface area (Å²) in [7, 11) is 1.65. The number of carbonyl (C=O) groups excluding carboxylic acids is 1. The highest BCUT2D eigenvalue weighted by atomic mass is 79.9. The molecule has 0 aromatic carbocycles. The third-order valence-corrected chi connectivity index (χ3v) is 3.37. The number of rotatable bonds is 3. The van der Waals surface area contributed by atoms with E-state index >= 15 is 0 Å². The van der Waals surface area contributed by atoms with Crippen LogP contribution in [0.15, 0.2) is 21.1 Å². The van der Waals surface area contributed by atoms with Gasteiger partial charge in [-0.15, -0.1) is 0 Å². The van der Waals surface area contributed by atoms with Crippen molar-refractivity contribution >= 4 is 37.6 Å². The van der Waals surface area contributed by atoms with Gasteiger partial charge in [-0.05, 0) is 50.4 Å². The van der Waals surface area contributed by atoms with E-state index in [4.69, 9.17) is 4.74 Å². The van der Waals surface area contributed by atoms with Crippen LogP contribution in [0.4, 0.5) is 0 Å². The lowest BCUT2D eigenvalue weighted by molar-refractivity contribution is -0.111. The molecule has 0 heterocycles. The van der Waals surface area contributed by atoms with Crippen LogP contribution < -0.4 is 0 Å².